The van der Waals surface area contributed by atoms with Crippen LogP contribution in [0.25, 0.3) is 0 Å². The van der Waals surface area contributed by atoms with E-state index in [0.29, 0.717) is 5.78 Å². The predicted octanol–water partition coefficient (Wildman–Crippen LogP) is 4.05. The van der Waals surface area contributed by atoms with Crippen LogP contribution in [-0.2, 0) is 16.6 Å². The van der Waals surface area contributed by atoms with Gasteiger partial charge in [0.1, 0.15) is 11.5 Å². The highest BCUT2D eigenvalue weighted by Crippen LogP contribution is 2.41. The van der Waals surface area contributed by atoms with Gasteiger partial charge >= 0.3 is 0 Å². The fourth-order valence-corrected chi connectivity index (χ4v) is 3.35. The molecule has 1 saturated carbocycles. The van der Waals surface area contributed by atoms with Gasteiger partial charge < -0.3 is 4.74 Å². The Bertz CT molecular complexity index is 456. The normalized spacial score (nSPS) is 18.1. The molecule has 0 saturated heterocycles. The van der Waals surface area contributed by atoms with Crippen molar-refractivity contribution >= 4 is 5.78 Å². The number of methoxy groups -OCH3 is 1. The number of benzene rings is 1. The molecule has 1 aromatic rings. The standard InChI is InChI=1S/C17H24O2/c1-4-14-12-15(8-9-16(14)19-3)17(13(2)18)10-6-5-7-11-17/h8-9,12H,4-7,10-11H2,1-3H3. The van der Waals surface area contributed by atoms with E-state index in [1.54, 1.807) is 14.0 Å². The van der Waals surface area contributed by atoms with Crippen molar-refractivity contribution in [1.29, 1.82) is 0 Å². The predicted molar refractivity (Wildman–Crippen MR) is 77.8 cm³/mol. The number of carbonyl (C=O) groups excluding carboxylic acids is 1. The van der Waals surface area contributed by atoms with Crippen LogP contribution in [0.2, 0.25) is 0 Å². The van der Waals surface area contributed by atoms with Crippen molar-refractivity contribution in [2.24, 2.45) is 0 Å². The zero-order valence-electron chi connectivity index (χ0n) is 12.3. The minimum atomic E-state index is -0.242. The molecule has 0 heterocycles. The summed E-state index contributed by atoms with van der Waals surface area (Å²) >= 11 is 0. The van der Waals surface area contributed by atoms with E-state index in [4.69, 9.17) is 4.74 Å². The molecule has 0 radical (unpaired) electrons. The molecule has 1 fully saturated rings. The molecule has 1 aliphatic carbocycles. The first-order chi connectivity index (χ1) is 9.14. The summed E-state index contributed by atoms with van der Waals surface area (Å²) in [5, 5.41) is 0. The number of aryl methyl sites for hydroxylation is 1. The van der Waals surface area contributed by atoms with Gasteiger partial charge in [-0.3, -0.25) is 4.79 Å². The second kappa shape index (κ2) is 5.77. The molecule has 2 rings (SSSR count). The van der Waals surface area contributed by atoms with Crippen LogP contribution in [0.4, 0.5) is 0 Å². The van der Waals surface area contributed by atoms with Crippen molar-refractivity contribution in [2.45, 2.75) is 57.8 Å². The summed E-state index contributed by atoms with van der Waals surface area (Å²) in [6, 6.07) is 6.30. The molecule has 2 heteroatoms. The summed E-state index contributed by atoms with van der Waals surface area (Å²) < 4.78 is 5.39. The molecule has 1 aromatic carbocycles. The number of rotatable bonds is 4. The Labute approximate surface area is 116 Å². The van der Waals surface area contributed by atoms with E-state index >= 15 is 0 Å². The summed E-state index contributed by atoms with van der Waals surface area (Å²) in [4.78, 5) is 12.2. The van der Waals surface area contributed by atoms with Crippen molar-refractivity contribution in [1.82, 2.24) is 0 Å². The van der Waals surface area contributed by atoms with Crippen LogP contribution >= 0.6 is 0 Å². The maximum atomic E-state index is 12.2. The van der Waals surface area contributed by atoms with E-state index in [0.717, 1.165) is 37.9 Å². The average molecular weight is 260 g/mol. The summed E-state index contributed by atoms with van der Waals surface area (Å²) in [6.45, 7) is 3.88. The number of hydrogen-bond acceptors (Lipinski definition) is 2. The van der Waals surface area contributed by atoms with Crippen LogP contribution in [0.15, 0.2) is 18.2 Å². The lowest BCUT2D eigenvalue weighted by Gasteiger charge is -2.36. The molecular formula is C17H24O2. The lowest BCUT2D eigenvalue weighted by molar-refractivity contribution is -0.123. The summed E-state index contributed by atoms with van der Waals surface area (Å²) in [5.41, 5.74) is 2.15. The Morgan fingerprint density at radius 1 is 1.26 bits per heavy atom. The zero-order valence-corrected chi connectivity index (χ0v) is 12.3. The van der Waals surface area contributed by atoms with Crippen LogP contribution < -0.4 is 4.74 Å². The van der Waals surface area contributed by atoms with E-state index in [1.807, 2.05) is 6.07 Å². The highest BCUT2D eigenvalue weighted by molar-refractivity contribution is 5.88. The Morgan fingerprint density at radius 3 is 2.47 bits per heavy atom. The molecule has 0 aromatic heterocycles. The van der Waals surface area contributed by atoms with Crippen LogP contribution in [0, 0.1) is 0 Å². The van der Waals surface area contributed by atoms with Crippen molar-refractivity contribution < 1.29 is 9.53 Å². The maximum absolute atomic E-state index is 12.2. The summed E-state index contributed by atoms with van der Waals surface area (Å²) in [5.74, 6) is 1.25. The van der Waals surface area contributed by atoms with Gasteiger partial charge in [-0.05, 0) is 43.4 Å². The second-order valence-corrected chi connectivity index (χ2v) is 5.58. The molecule has 0 atom stereocenters. The van der Waals surface area contributed by atoms with Crippen LogP contribution in [0.3, 0.4) is 0 Å². The molecule has 1 aliphatic rings. The molecule has 2 nitrogen and oxygen atoms in total. The third-order valence-electron chi connectivity index (χ3n) is 4.59. The van der Waals surface area contributed by atoms with Crippen molar-refractivity contribution in [3.8, 4) is 5.75 Å². The topological polar surface area (TPSA) is 26.3 Å². The number of hydrogen-bond donors (Lipinski definition) is 0. The lowest BCUT2D eigenvalue weighted by Crippen LogP contribution is -2.36. The molecule has 0 aliphatic heterocycles. The van der Waals surface area contributed by atoms with Crippen LogP contribution in [-0.4, -0.2) is 12.9 Å². The third-order valence-corrected chi connectivity index (χ3v) is 4.59. The van der Waals surface area contributed by atoms with Gasteiger partial charge in [-0.25, -0.2) is 0 Å². The monoisotopic (exact) mass is 260 g/mol. The van der Waals surface area contributed by atoms with E-state index in [9.17, 15) is 4.79 Å². The maximum Gasteiger partial charge on any atom is 0.140 e. The molecule has 19 heavy (non-hydrogen) atoms. The minimum absolute atomic E-state index is 0.242. The van der Waals surface area contributed by atoms with Gasteiger partial charge in [0, 0.05) is 0 Å². The van der Waals surface area contributed by atoms with Crippen LogP contribution in [0.1, 0.15) is 57.1 Å². The zero-order chi connectivity index (χ0) is 13.9. The van der Waals surface area contributed by atoms with Gasteiger partial charge in [-0.15, -0.1) is 0 Å². The van der Waals surface area contributed by atoms with E-state index in [2.05, 4.69) is 19.1 Å². The molecule has 0 amide bonds. The molecule has 0 unspecified atom stereocenters. The quantitative estimate of drug-likeness (QED) is 0.816. The van der Waals surface area contributed by atoms with Gasteiger partial charge in [0.15, 0.2) is 0 Å². The second-order valence-electron chi connectivity index (χ2n) is 5.58. The van der Waals surface area contributed by atoms with Gasteiger partial charge in [0.2, 0.25) is 0 Å². The van der Waals surface area contributed by atoms with E-state index in [1.165, 1.54) is 17.5 Å². The third kappa shape index (κ3) is 2.54. The Hall–Kier alpha value is -1.31. The van der Waals surface area contributed by atoms with Crippen molar-refractivity contribution in [3.05, 3.63) is 29.3 Å². The average Bonchev–Trinajstić information content (AvgIpc) is 2.47. The first-order valence-electron chi connectivity index (χ1n) is 7.32. The summed E-state index contributed by atoms with van der Waals surface area (Å²) in [6.07, 6.45) is 6.51. The molecule has 104 valence electrons. The Morgan fingerprint density at radius 2 is 1.95 bits per heavy atom. The lowest BCUT2D eigenvalue weighted by atomic mass is 9.67. The number of Topliss-reactive ketones (excluding diaryl/α,β-unsaturated/α-hetero) is 1. The van der Waals surface area contributed by atoms with Gasteiger partial charge in [0.25, 0.3) is 0 Å². The first-order valence-corrected chi connectivity index (χ1v) is 7.32. The minimum Gasteiger partial charge on any atom is -0.496 e. The summed E-state index contributed by atoms with van der Waals surface area (Å²) in [7, 11) is 1.70. The fourth-order valence-electron chi connectivity index (χ4n) is 3.35. The van der Waals surface area contributed by atoms with Gasteiger partial charge in [-0.2, -0.15) is 0 Å². The molecule has 0 spiro atoms. The number of ether oxygens (including phenoxy) is 1. The molecule has 0 bridgehead atoms. The first kappa shape index (κ1) is 14.1. The van der Waals surface area contributed by atoms with Crippen molar-refractivity contribution in [2.75, 3.05) is 7.11 Å². The highest BCUT2D eigenvalue weighted by Gasteiger charge is 2.38. The SMILES string of the molecule is CCc1cc(C2(C(C)=O)CCCCC2)ccc1OC. The van der Waals surface area contributed by atoms with E-state index in [-0.39, 0.29) is 5.41 Å². The van der Waals surface area contributed by atoms with E-state index < -0.39 is 0 Å². The Kier molecular flexibility index (Phi) is 4.28. The van der Waals surface area contributed by atoms with Gasteiger partial charge in [0.05, 0.1) is 12.5 Å². The number of ketones is 1. The van der Waals surface area contributed by atoms with Crippen molar-refractivity contribution in [3.63, 3.8) is 0 Å². The highest BCUT2D eigenvalue weighted by atomic mass is 16.5. The van der Waals surface area contributed by atoms with Crippen LogP contribution in [0.5, 0.6) is 5.75 Å². The largest absolute Gasteiger partial charge is 0.496 e. The number of carbonyl (C=O) groups is 1. The fraction of sp³-hybridized carbons (Fsp3) is 0.588. The molecular weight excluding hydrogens is 236 g/mol. The molecule has 0 N–H and O–H groups in total. The van der Waals surface area contributed by atoms with Gasteiger partial charge in [-0.1, -0.05) is 38.3 Å². The Balaban J connectivity index is 2.45. The smallest absolute Gasteiger partial charge is 0.140 e.